The zero-order valence-electron chi connectivity index (χ0n) is 13.5. The summed E-state index contributed by atoms with van der Waals surface area (Å²) in [4.78, 5) is 23.9. The molecule has 6 nitrogen and oxygen atoms in total. The number of hydrogen-bond acceptors (Lipinski definition) is 4. The fraction of sp³-hybridized carbons (Fsp3) is 0.471. The third-order valence-corrected chi connectivity index (χ3v) is 4.53. The highest BCUT2D eigenvalue weighted by Gasteiger charge is 2.22. The van der Waals surface area contributed by atoms with Crippen molar-refractivity contribution in [3.8, 4) is 0 Å². The van der Waals surface area contributed by atoms with Gasteiger partial charge < -0.3 is 10.4 Å². The summed E-state index contributed by atoms with van der Waals surface area (Å²) < 4.78 is 15.9. The molecule has 0 radical (unpaired) electrons. The molecule has 1 aliphatic carbocycles. The molecule has 0 atom stereocenters. The fourth-order valence-electron chi connectivity index (χ4n) is 3.32. The van der Waals surface area contributed by atoms with Gasteiger partial charge in [0.1, 0.15) is 5.82 Å². The number of nitrogens with one attached hydrogen (secondary N) is 1. The zero-order valence-corrected chi connectivity index (χ0v) is 13.5. The average molecular weight is 333 g/mol. The second kappa shape index (κ2) is 6.59. The minimum atomic E-state index is -1.41. The Kier molecular flexibility index (Phi) is 4.51. The standard InChI is InChI=1S/C17H20FN3O3/c1-2-21-12-9-8-11(18)14(19-10-6-4-3-5-7-10)13(12)16(22)15(20-21)17(23)24/h8-10,19H,2-7H2,1H3,(H,23,24). The van der Waals surface area contributed by atoms with E-state index in [2.05, 4.69) is 10.4 Å². The van der Waals surface area contributed by atoms with E-state index in [9.17, 15) is 19.1 Å². The van der Waals surface area contributed by atoms with Crippen LogP contribution in [0, 0.1) is 5.82 Å². The van der Waals surface area contributed by atoms with E-state index < -0.39 is 22.9 Å². The maximum absolute atomic E-state index is 14.4. The maximum Gasteiger partial charge on any atom is 0.360 e. The lowest BCUT2D eigenvalue weighted by atomic mass is 9.95. The molecular formula is C17H20FN3O3. The molecule has 1 fully saturated rings. The monoisotopic (exact) mass is 333 g/mol. The third kappa shape index (κ3) is 2.86. The first-order chi connectivity index (χ1) is 11.5. The van der Waals surface area contributed by atoms with Gasteiger partial charge in [-0.25, -0.2) is 9.18 Å². The number of rotatable bonds is 4. The Morgan fingerprint density at radius 1 is 1.38 bits per heavy atom. The molecule has 2 N–H and O–H groups in total. The van der Waals surface area contributed by atoms with E-state index in [1.807, 2.05) is 0 Å². The van der Waals surface area contributed by atoms with Crippen molar-refractivity contribution < 1.29 is 14.3 Å². The van der Waals surface area contributed by atoms with Crippen LogP contribution >= 0.6 is 0 Å². The van der Waals surface area contributed by atoms with E-state index in [4.69, 9.17) is 0 Å². The number of anilines is 1. The molecule has 0 aliphatic heterocycles. The predicted octanol–water partition coefficient (Wildman–Crippen LogP) is 3.00. The molecule has 0 bridgehead atoms. The minimum Gasteiger partial charge on any atom is -0.476 e. The second-order valence-corrected chi connectivity index (χ2v) is 6.09. The van der Waals surface area contributed by atoms with Crippen LogP contribution in [0.15, 0.2) is 16.9 Å². The van der Waals surface area contributed by atoms with E-state index in [-0.39, 0.29) is 17.1 Å². The van der Waals surface area contributed by atoms with Gasteiger partial charge in [-0.05, 0) is 31.9 Å². The largest absolute Gasteiger partial charge is 0.476 e. The number of aromatic nitrogens is 2. The van der Waals surface area contributed by atoms with Crippen LogP contribution < -0.4 is 10.7 Å². The number of hydrogen-bond donors (Lipinski definition) is 2. The number of carbonyl (C=O) groups is 1. The Balaban J connectivity index is 2.23. The van der Waals surface area contributed by atoms with Crippen molar-refractivity contribution in [2.45, 2.75) is 51.6 Å². The number of aromatic carboxylic acids is 1. The number of carboxylic acid groups (broad SMARTS) is 1. The molecule has 1 aliphatic rings. The normalized spacial score (nSPS) is 15.6. The van der Waals surface area contributed by atoms with E-state index in [0.717, 1.165) is 32.1 Å². The first kappa shape index (κ1) is 16.4. The number of aryl methyl sites for hydroxylation is 1. The molecule has 128 valence electrons. The van der Waals surface area contributed by atoms with Gasteiger partial charge in [0.2, 0.25) is 11.1 Å². The quantitative estimate of drug-likeness (QED) is 0.898. The van der Waals surface area contributed by atoms with E-state index in [0.29, 0.717) is 12.1 Å². The SMILES string of the molecule is CCn1nc(C(=O)O)c(=O)c2c(NC3CCCCC3)c(F)ccc21. The van der Waals surface area contributed by atoms with Crippen LogP contribution in [0.25, 0.3) is 10.9 Å². The summed E-state index contributed by atoms with van der Waals surface area (Å²) in [6, 6.07) is 2.86. The Bertz CT molecular complexity index is 841. The molecule has 1 aromatic carbocycles. The van der Waals surface area contributed by atoms with Gasteiger partial charge in [-0.2, -0.15) is 5.10 Å². The number of nitrogens with zero attached hydrogens (tertiary/aromatic N) is 2. The van der Waals surface area contributed by atoms with Crippen LogP contribution in [0.3, 0.4) is 0 Å². The molecule has 1 heterocycles. The summed E-state index contributed by atoms with van der Waals surface area (Å²) in [6.07, 6.45) is 5.10. The Morgan fingerprint density at radius 3 is 2.71 bits per heavy atom. The molecule has 7 heteroatoms. The number of benzene rings is 1. The molecule has 24 heavy (non-hydrogen) atoms. The van der Waals surface area contributed by atoms with Crippen LogP contribution in [0.2, 0.25) is 0 Å². The Morgan fingerprint density at radius 2 is 2.08 bits per heavy atom. The summed E-state index contributed by atoms with van der Waals surface area (Å²) in [6.45, 7) is 2.17. The lowest BCUT2D eigenvalue weighted by Crippen LogP contribution is -2.27. The van der Waals surface area contributed by atoms with Crippen molar-refractivity contribution in [3.63, 3.8) is 0 Å². The first-order valence-electron chi connectivity index (χ1n) is 8.26. The van der Waals surface area contributed by atoms with Crippen molar-refractivity contribution in [1.82, 2.24) is 9.78 Å². The average Bonchev–Trinajstić information content (AvgIpc) is 2.58. The van der Waals surface area contributed by atoms with Gasteiger partial charge in [-0.1, -0.05) is 19.3 Å². The second-order valence-electron chi connectivity index (χ2n) is 6.09. The van der Waals surface area contributed by atoms with Gasteiger partial charge in [-0.3, -0.25) is 9.48 Å². The van der Waals surface area contributed by atoms with Crippen LogP contribution in [-0.4, -0.2) is 26.9 Å². The molecule has 3 rings (SSSR count). The van der Waals surface area contributed by atoms with Crippen molar-refractivity contribution >= 4 is 22.6 Å². The minimum absolute atomic E-state index is 0.0647. The van der Waals surface area contributed by atoms with E-state index in [1.54, 1.807) is 6.92 Å². The first-order valence-corrected chi connectivity index (χ1v) is 8.26. The van der Waals surface area contributed by atoms with Gasteiger partial charge in [-0.15, -0.1) is 0 Å². The zero-order chi connectivity index (χ0) is 17.3. The van der Waals surface area contributed by atoms with Crippen LogP contribution in [-0.2, 0) is 6.54 Å². The van der Waals surface area contributed by atoms with Crippen molar-refractivity contribution in [2.24, 2.45) is 0 Å². The molecule has 1 saturated carbocycles. The summed E-state index contributed by atoms with van der Waals surface area (Å²) in [7, 11) is 0. The summed E-state index contributed by atoms with van der Waals surface area (Å²) in [5, 5.41) is 16.3. The molecule has 2 aromatic rings. The maximum atomic E-state index is 14.4. The number of carboxylic acids is 1. The molecule has 0 spiro atoms. The van der Waals surface area contributed by atoms with Crippen LogP contribution in [0.5, 0.6) is 0 Å². The highest BCUT2D eigenvalue weighted by molar-refractivity contribution is 5.96. The topological polar surface area (TPSA) is 84.2 Å². The van der Waals surface area contributed by atoms with Gasteiger partial charge >= 0.3 is 5.97 Å². The molecule has 0 saturated heterocycles. The highest BCUT2D eigenvalue weighted by Crippen LogP contribution is 2.28. The lowest BCUT2D eigenvalue weighted by molar-refractivity contribution is 0.0686. The van der Waals surface area contributed by atoms with Crippen molar-refractivity contribution in [2.75, 3.05) is 5.32 Å². The molecule has 0 unspecified atom stereocenters. The molecular weight excluding hydrogens is 313 g/mol. The van der Waals surface area contributed by atoms with Gasteiger partial charge in [0.25, 0.3) is 0 Å². The molecule has 0 amide bonds. The van der Waals surface area contributed by atoms with Crippen molar-refractivity contribution in [1.29, 1.82) is 0 Å². The van der Waals surface area contributed by atoms with Crippen molar-refractivity contribution in [3.05, 3.63) is 33.9 Å². The fourth-order valence-corrected chi connectivity index (χ4v) is 3.32. The number of fused-ring (bicyclic) bond motifs is 1. The highest BCUT2D eigenvalue weighted by atomic mass is 19.1. The third-order valence-electron chi connectivity index (χ3n) is 4.53. The van der Waals surface area contributed by atoms with Crippen LogP contribution in [0.1, 0.15) is 49.5 Å². The Labute approximate surface area is 138 Å². The van der Waals surface area contributed by atoms with E-state index in [1.165, 1.54) is 16.8 Å². The predicted molar refractivity (Wildman–Crippen MR) is 89.1 cm³/mol. The number of halogens is 1. The van der Waals surface area contributed by atoms with Gasteiger partial charge in [0.15, 0.2) is 0 Å². The lowest BCUT2D eigenvalue weighted by Gasteiger charge is -2.25. The van der Waals surface area contributed by atoms with Crippen LogP contribution in [0.4, 0.5) is 10.1 Å². The molecule has 1 aromatic heterocycles. The van der Waals surface area contributed by atoms with Gasteiger partial charge in [0.05, 0.1) is 16.6 Å². The van der Waals surface area contributed by atoms with E-state index >= 15 is 0 Å². The summed E-state index contributed by atoms with van der Waals surface area (Å²) >= 11 is 0. The summed E-state index contributed by atoms with van der Waals surface area (Å²) in [5.41, 5.74) is -0.801. The smallest absolute Gasteiger partial charge is 0.360 e. The Hall–Kier alpha value is -2.44. The summed E-state index contributed by atoms with van der Waals surface area (Å²) in [5.74, 6) is -1.95. The van der Waals surface area contributed by atoms with Gasteiger partial charge in [0, 0.05) is 12.6 Å².